The second-order valence-corrected chi connectivity index (χ2v) is 5.56. The van der Waals surface area contributed by atoms with Gasteiger partial charge in [-0.1, -0.05) is 0 Å². The van der Waals surface area contributed by atoms with Gasteiger partial charge in [0.2, 0.25) is 0 Å². The number of nitrogens with one attached hydrogen (secondary N) is 2. The Labute approximate surface area is 124 Å². The summed E-state index contributed by atoms with van der Waals surface area (Å²) in [6.07, 6.45) is 4.18. The van der Waals surface area contributed by atoms with Crippen molar-refractivity contribution in [3.8, 4) is 0 Å². The highest BCUT2D eigenvalue weighted by atomic mass is 16.5. The molecule has 114 valence electrons. The first-order valence-corrected chi connectivity index (χ1v) is 7.62. The monoisotopic (exact) mass is 290 g/mol. The summed E-state index contributed by atoms with van der Waals surface area (Å²) in [6, 6.07) is 4.29. The van der Waals surface area contributed by atoms with Gasteiger partial charge in [-0.05, 0) is 25.0 Å². The van der Waals surface area contributed by atoms with E-state index in [1.807, 2.05) is 6.07 Å². The van der Waals surface area contributed by atoms with Gasteiger partial charge in [0.1, 0.15) is 5.69 Å². The topological polar surface area (TPSA) is 66.5 Å². The summed E-state index contributed by atoms with van der Waals surface area (Å²) in [5.74, 6) is -0.110. The van der Waals surface area contributed by atoms with E-state index in [2.05, 4.69) is 20.5 Å². The largest absolute Gasteiger partial charge is 0.381 e. The Hall–Kier alpha value is -1.66. The Morgan fingerprint density at radius 2 is 2.14 bits per heavy atom. The lowest BCUT2D eigenvalue weighted by Crippen LogP contribution is -2.41. The van der Waals surface area contributed by atoms with Gasteiger partial charge >= 0.3 is 0 Å². The van der Waals surface area contributed by atoms with Gasteiger partial charge in [-0.25, -0.2) is 4.98 Å². The van der Waals surface area contributed by atoms with E-state index in [0.29, 0.717) is 18.3 Å². The van der Waals surface area contributed by atoms with Gasteiger partial charge in [0.05, 0.1) is 25.1 Å². The van der Waals surface area contributed by atoms with Crippen molar-refractivity contribution in [2.24, 2.45) is 0 Å². The van der Waals surface area contributed by atoms with Gasteiger partial charge < -0.3 is 15.4 Å². The van der Waals surface area contributed by atoms with E-state index in [1.54, 1.807) is 12.3 Å². The van der Waals surface area contributed by atoms with E-state index >= 15 is 0 Å². The molecule has 0 bridgehead atoms. The summed E-state index contributed by atoms with van der Waals surface area (Å²) in [6.45, 7) is 4.94. The molecule has 21 heavy (non-hydrogen) atoms. The number of rotatable bonds is 6. The lowest BCUT2D eigenvalue weighted by atomic mass is 10.3. The molecule has 6 heteroatoms. The van der Waals surface area contributed by atoms with Crippen LogP contribution < -0.4 is 10.6 Å². The highest BCUT2D eigenvalue weighted by Gasteiger charge is 2.20. The van der Waals surface area contributed by atoms with Crippen LogP contribution in [-0.2, 0) is 4.74 Å². The minimum absolute atomic E-state index is 0.110. The highest BCUT2D eigenvalue weighted by Crippen LogP contribution is 2.24. The molecule has 2 fully saturated rings. The average molecular weight is 290 g/mol. The maximum atomic E-state index is 12.0. The molecule has 0 atom stereocenters. The van der Waals surface area contributed by atoms with Crippen LogP contribution in [0.5, 0.6) is 0 Å². The van der Waals surface area contributed by atoms with Crippen LogP contribution in [0.3, 0.4) is 0 Å². The van der Waals surface area contributed by atoms with Gasteiger partial charge in [0, 0.05) is 32.2 Å². The van der Waals surface area contributed by atoms with Crippen molar-refractivity contribution in [1.29, 1.82) is 0 Å². The molecule has 0 spiro atoms. The number of hydrogen-bond donors (Lipinski definition) is 2. The van der Waals surface area contributed by atoms with Crippen LogP contribution in [0, 0.1) is 0 Å². The first-order valence-electron chi connectivity index (χ1n) is 7.62. The maximum absolute atomic E-state index is 12.0. The molecular formula is C15H22N4O2. The fourth-order valence-electron chi connectivity index (χ4n) is 2.32. The summed E-state index contributed by atoms with van der Waals surface area (Å²) in [5, 5.41) is 6.27. The third-order valence-corrected chi connectivity index (χ3v) is 3.76. The standard InChI is InChI=1S/C15H22N4O2/c20-15(16-5-6-19-7-9-21-10-8-19)14-4-3-13(11-17-14)18-12-1-2-12/h3-4,11-12,18H,1-2,5-10H2,(H,16,20). The summed E-state index contributed by atoms with van der Waals surface area (Å²) in [5.41, 5.74) is 1.46. The lowest BCUT2D eigenvalue weighted by molar-refractivity contribution is 0.0383. The SMILES string of the molecule is O=C(NCCN1CCOCC1)c1ccc(NC2CC2)cn1. The highest BCUT2D eigenvalue weighted by molar-refractivity contribution is 5.92. The van der Waals surface area contributed by atoms with Gasteiger partial charge in [-0.2, -0.15) is 0 Å². The predicted molar refractivity (Wildman–Crippen MR) is 80.5 cm³/mol. The normalized spacial score (nSPS) is 19.2. The smallest absolute Gasteiger partial charge is 0.269 e. The summed E-state index contributed by atoms with van der Waals surface area (Å²) in [4.78, 5) is 18.5. The number of amides is 1. The Balaban J connectivity index is 1.41. The first kappa shape index (κ1) is 14.3. The van der Waals surface area contributed by atoms with Crippen molar-refractivity contribution in [1.82, 2.24) is 15.2 Å². The van der Waals surface area contributed by atoms with Crippen LogP contribution in [0.2, 0.25) is 0 Å². The number of carbonyl (C=O) groups excluding carboxylic acids is 1. The summed E-state index contributed by atoms with van der Waals surface area (Å²) < 4.78 is 5.29. The third kappa shape index (κ3) is 4.41. The molecule has 1 aliphatic carbocycles. The minimum Gasteiger partial charge on any atom is -0.381 e. The van der Waals surface area contributed by atoms with E-state index in [1.165, 1.54) is 12.8 Å². The Morgan fingerprint density at radius 1 is 1.33 bits per heavy atom. The van der Waals surface area contributed by atoms with Gasteiger partial charge in [0.25, 0.3) is 5.91 Å². The third-order valence-electron chi connectivity index (χ3n) is 3.76. The van der Waals surface area contributed by atoms with Crippen molar-refractivity contribution in [2.75, 3.05) is 44.7 Å². The number of morpholine rings is 1. The van der Waals surface area contributed by atoms with E-state index in [0.717, 1.165) is 38.5 Å². The molecule has 6 nitrogen and oxygen atoms in total. The predicted octanol–water partition coefficient (Wildman–Crippen LogP) is 0.718. The summed E-state index contributed by atoms with van der Waals surface area (Å²) in [7, 11) is 0. The van der Waals surface area contributed by atoms with Crippen molar-refractivity contribution < 1.29 is 9.53 Å². The molecule has 1 saturated carbocycles. The van der Waals surface area contributed by atoms with Crippen LogP contribution in [0.1, 0.15) is 23.3 Å². The van der Waals surface area contributed by atoms with Crippen molar-refractivity contribution in [2.45, 2.75) is 18.9 Å². The molecule has 0 aromatic carbocycles. The number of nitrogens with zero attached hydrogens (tertiary/aromatic N) is 2. The fourth-order valence-corrected chi connectivity index (χ4v) is 2.32. The maximum Gasteiger partial charge on any atom is 0.269 e. The zero-order chi connectivity index (χ0) is 14.5. The molecular weight excluding hydrogens is 268 g/mol. The summed E-state index contributed by atoms with van der Waals surface area (Å²) >= 11 is 0. The van der Waals surface area contributed by atoms with Crippen molar-refractivity contribution in [3.05, 3.63) is 24.0 Å². The molecule has 2 heterocycles. The van der Waals surface area contributed by atoms with Crippen LogP contribution in [0.15, 0.2) is 18.3 Å². The molecule has 1 aromatic rings. The molecule has 1 amide bonds. The molecule has 2 N–H and O–H groups in total. The van der Waals surface area contributed by atoms with Gasteiger partial charge in [-0.15, -0.1) is 0 Å². The van der Waals surface area contributed by atoms with E-state index < -0.39 is 0 Å². The Bertz CT molecular complexity index is 467. The van der Waals surface area contributed by atoms with E-state index in [-0.39, 0.29) is 5.91 Å². The first-order chi connectivity index (χ1) is 10.3. The zero-order valence-corrected chi connectivity index (χ0v) is 12.2. The molecule has 1 aromatic heterocycles. The Kier molecular flexibility index (Phi) is 4.67. The van der Waals surface area contributed by atoms with Gasteiger partial charge in [0.15, 0.2) is 0 Å². The van der Waals surface area contributed by atoms with E-state index in [9.17, 15) is 4.79 Å². The number of aromatic nitrogens is 1. The van der Waals surface area contributed by atoms with Crippen LogP contribution in [0.4, 0.5) is 5.69 Å². The molecule has 3 rings (SSSR count). The molecule has 0 unspecified atom stereocenters. The number of ether oxygens (including phenoxy) is 1. The fraction of sp³-hybridized carbons (Fsp3) is 0.600. The van der Waals surface area contributed by atoms with Crippen LogP contribution in [0.25, 0.3) is 0 Å². The zero-order valence-electron chi connectivity index (χ0n) is 12.2. The lowest BCUT2D eigenvalue weighted by Gasteiger charge is -2.26. The quantitative estimate of drug-likeness (QED) is 0.808. The average Bonchev–Trinajstić information content (AvgIpc) is 3.33. The van der Waals surface area contributed by atoms with Crippen molar-refractivity contribution >= 4 is 11.6 Å². The number of anilines is 1. The number of carbonyl (C=O) groups is 1. The number of hydrogen-bond acceptors (Lipinski definition) is 5. The second kappa shape index (κ2) is 6.87. The molecule has 0 radical (unpaired) electrons. The number of pyridine rings is 1. The second-order valence-electron chi connectivity index (χ2n) is 5.56. The van der Waals surface area contributed by atoms with Crippen LogP contribution >= 0.6 is 0 Å². The van der Waals surface area contributed by atoms with E-state index in [4.69, 9.17) is 4.74 Å². The van der Waals surface area contributed by atoms with Crippen molar-refractivity contribution in [3.63, 3.8) is 0 Å². The van der Waals surface area contributed by atoms with Gasteiger partial charge in [-0.3, -0.25) is 9.69 Å². The minimum atomic E-state index is -0.110. The Morgan fingerprint density at radius 3 is 2.81 bits per heavy atom. The molecule has 1 saturated heterocycles. The molecule has 2 aliphatic rings. The molecule has 1 aliphatic heterocycles. The van der Waals surface area contributed by atoms with Crippen LogP contribution in [-0.4, -0.2) is 61.2 Å².